The molecule has 3 aliphatic carbocycles. The van der Waals surface area contributed by atoms with Gasteiger partial charge in [0.2, 0.25) is 0 Å². The van der Waals surface area contributed by atoms with Crippen LogP contribution >= 0.6 is 0 Å². The first-order chi connectivity index (χ1) is 24.8. The van der Waals surface area contributed by atoms with E-state index in [-0.39, 0.29) is 0 Å². The van der Waals surface area contributed by atoms with E-state index >= 15 is 0 Å². The Balaban J connectivity index is 1.27. The second-order valence-corrected chi connectivity index (χ2v) is 13.8. The van der Waals surface area contributed by atoms with Gasteiger partial charge in [-0.1, -0.05) is 164 Å². The largest absolute Gasteiger partial charge is 0.264 e. The number of hydrogen-bond acceptors (Lipinski definition) is 1. The van der Waals surface area contributed by atoms with Crippen molar-refractivity contribution in [2.24, 2.45) is 0 Å². The summed E-state index contributed by atoms with van der Waals surface area (Å²) >= 11 is 0. The summed E-state index contributed by atoms with van der Waals surface area (Å²) in [5.41, 5.74) is 19.9. The molecule has 11 rings (SSSR count). The Labute approximate surface area is 292 Å². The average Bonchev–Trinajstić information content (AvgIpc) is 3.66. The summed E-state index contributed by atoms with van der Waals surface area (Å²) in [5.74, 6) is 0. The van der Waals surface area contributed by atoms with Gasteiger partial charge in [-0.05, 0) is 101 Å². The maximum absolute atomic E-state index is 4.35. The van der Waals surface area contributed by atoms with Crippen molar-refractivity contribution in [2.45, 2.75) is 10.8 Å². The summed E-state index contributed by atoms with van der Waals surface area (Å²) in [5, 5.41) is 0. The van der Waals surface area contributed by atoms with Gasteiger partial charge in [-0.25, -0.2) is 0 Å². The molecule has 7 aromatic carbocycles. The van der Waals surface area contributed by atoms with Crippen LogP contribution in [0.5, 0.6) is 0 Å². The van der Waals surface area contributed by atoms with Gasteiger partial charge in [-0.15, -0.1) is 0 Å². The normalized spacial score (nSPS) is 14.7. The molecule has 0 atom stereocenters. The lowest BCUT2D eigenvalue weighted by atomic mass is 9.52. The number of aromatic nitrogens is 1. The van der Waals surface area contributed by atoms with Crippen molar-refractivity contribution in [3.63, 3.8) is 0 Å². The molecule has 232 valence electrons. The van der Waals surface area contributed by atoms with Crippen molar-refractivity contribution >= 4 is 0 Å². The molecule has 8 aromatic rings. The molecule has 50 heavy (non-hydrogen) atoms. The van der Waals surface area contributed by atoms with E-state index < -0.39 is 10.8 Å². The van der Waals surface area contributed by atoms with E-state index in [2.05, 4.69) is 175 Å². The van der Waals surface area contributed by atoms with E-state index in [1.807, 2.05) is 18.5 Å². The number of rotatable bonds is 2. The first-order valence-corrected chi connectivity index (χ1v) is 17.5. The fraction of sp³-hybridized carbons (Fsp3) is 0.0408. The summed E-state index contributed by atoms with van der Waals surface area (Å²) in [7, 11) is 0. The van der Waals surface area contributed by atoms with E-state index in [1.54, 1.807) is 0 Å². The molecule has 0 unspecified atom stereocenters. The summed E-state index contributed by atoms with van der Waals surface area (Å²) < 4.78 is 0. The Bertz CT molecular complexity index is 2560. The second kappa shape index (κ2) is 10.1. The summed E-state index contributed by atoms with van der Waals surface area (Å²) in [6.45, 7) is 0. The predicted octanol–water partition coefficient (Wildman–Crippen LogP) is 11.5. The molecule has 0 saturated heterocycles. The molecule has 1 heteroatoms. The first-order valence-electron chi connectivity index (χ1n) is 17.5. The highest BCUT2D eigenvalue weighted by molar-refractivity contribution is 5.94. The molecule has 1 heterocycles. The van der Waals surface area contributed by atoms with E-state index in [4.69, 9.17) is 0 Å². The number of nitrogens with zero attached hydrogens (tertiary/aromatic N) is 1. The summed E-state index contributed by atoms with van der Waals surface area (Å²) in [6.07, 6.45) is 3.76. The number of hydrogen-bond donors (Lipinski definition) is 0. The Kier molecular flexibility index (Phi) is 5.58. The van der Waals surface area contributed by atoms with Crippen molar-refractivity contribution in [2.75, 3.05) is 0 Å². The van der Waals surface area contributed by atoms with Gasteiger partial charge in [0.25, 0.3) is 0 Å². The average molecular weight is 634 g/mol. The minimum absolute atomic E-state index is 0.459. The highest BCUT2D eigenvalue weighted by Gasteiger charge is 2.58. The standard InChI is InChI=1S/C49H31N/c1-5-17-40-36(13-1)37-14-2-6-18-41(37)48(40)44-21-9-10-22-45(44)49(42-19-7-3-15-38(42)39-16-4-8-20-43(39)49)47-30-34(27-28-46(47)48)32-23-25-33(26-24-32)35-12-11-29-50-31-35/h1-31H. The zero-order valence-corrected chi connectivity index (χ0v) is 27.3. The number of benzene rings is 7. The molecule has 3 aliphatic rings. The van der Waals surface area contributed by atoms with Gasteiger partial charge < -0.3 is 0 Å². The van der Waals surface area contributed by atoms with Gasteiger partial charge in [0, 0.05) is 12.4 Å². The zero-order chi connectivity index (χ0) is 32.9. The van der Waals surface area contributed by atoms with E-state index in [1.165, 1.54) is 83.5 Å². The van der Waals surface area contributed by atoms with Crippen molar-refractivity contribution < 1.29 is 0 Å². The quantitative estimate of drug-likeness (QED) is 0.185. The molecule has 0 saturated carbocycles. The lowest BCUT2D eigenvalue weighted by Gasteiger charge is -2.49. The van der Waals surface area contributed by atoms with Crippen LogP contribution in [0.4, 0.5) is 0 Å². The molecule has 0 bridgehead atoms. The summed E-state index contributed by atoms with van der Waals surface area (Å²) in [6, 6.07) is 66.1. The van der Waals surface area contributed by atoms with Crippen LogP contribution < -0.4 is 0 Å². The molecule has 0 radical (unpaired) electrons. The van der Waals surface area contributed by atoms with Crippen molar-refractivity contribution in [3.05, 3.63) is 233 Å². The molecule has 0 fully saturated rings. The molecule has 1 aromatic heterocycles. The van der Waals surface area contributed by atoms with Crippen LogP contribution in [0.15, 0.2) is 188 Å². The van der Waals surface area contributed by atoms with Crippen LogP contribution in [0.3, 0.4) is 0 Å². The van der Waals surface area contributed by atoms with Crippen LogP contribution in [-0.4, -0.2) is 4.98 Å². The zero-order valence-electron chi connectivity index (χ0n) is 27.3. The fourth-order valence-corrected chi connectivity index (χ4v) is 9.81. The lowest BCUT2D eigenvalue weighted by molar-refractivity contribution is 0.633. The molecule has 2 spiro atoms. The predicted molar refractivity (Wildman–Crippen MR) is 203 cm³/mol. The third-order valence-corrected chi connectivity index (χ3v) is 11.7. The van der Waals surface area contributed by atoms with Crippen LogP contribution in [-0.2, 0) is 10.8 Å². The van der Waals surface area contributed by atoms with Crippen LogP contribution in [0.1, 0.15) is 44.5 Å². The Morgan fingerprint density at radius 1 is 0.280 bits per heavy atom. The third kappa shape index (κ3) is 3.34. The Morgan fingerprint density at radius 2 is 0.660 bits per heavy atom. The summed E-state index contributed by atoms with van der Waals surface area (Å²) in [4.78, 5) is 4.35. The minimum Gasteiger partial charge on any atom is -0.264 e. The smallest absolute Gasteiger partial charge is 0.0720 e. The van der Waals surface area contributed by atoms with Gasteiger partial charge >= 0.3 is 0 Å². The Hall–Kier alpha value is -6.31. The van der Waals surface area contributed by atoms with E-state index in [9.17, 15) is 0 Å². The maximum Gasteiger partial charge on any atom is 0.0720 e. The molecule has 0 N–H and O–H groups in total. The third-order valence-electron chi connectivity index (χ3n) is 11.7. The van der Waals surface area contributed by atoms with Crippen LogP contribution in [0.25, 0.3) is 44.5 Å². The van der Waals surface area contributed by atoms with Crippen molar-refractivity contribution in [1.82, 2.24) is 4.98 Å². The second-order valence-electron chi connectivity index (χ2n) is 13.8. The number of fused-ring (bicyclic) bond motifs is 16. The molecular formula is C49H31N. The highest BCUT2D eigenvalue weighted by atomic mass is 14.6. The maximum atomic E-state index is 4.35. The van der Waals surface area contributed by atoms with Crippen molar-refractivity contribution in [1.29, 1.82) is 0 Å². The first kappa shape index (κ1) is 27.6. The fourth-order valence-electron chi connectivity index (χ4n) is 9.81. The lowest BCUT2D eigenvalue weighted by Crippen LogP contribution is -2.43. The van der Waals surface area contributed by atoms with E-state index in [0.717, 1.165) is 5.56 Å². The van der Waals surface area contributed by atoms with Gasteiger partial charge in [0.15, 0.2) is 0 Å². The van der Waals surface area contributed by atoms with Gasteiger partial charge in [0.1, 0.15) is 0 Å². The van der Waals surface area contributed by atoms with Gasteiger partial charge in [-0.2, -0.15) is 0 Å². The van der Waals surface area contributed by atoms with Crippen LogP contribution in [0.2, 0.25) is 0 Å². The van der Waals surface area contributed by atoms with Gasteiger partial charge in [-0.3, -0.25) is 4.98 Å². The SMILES string of the molecule is c1cncc(-c2ccc(-c3ccc4c(c3)C3(c5ccccc5-c5ccccc53)c3ccccc3C43c4ccccc4-c4ccccc43)cc2)c1. The van der Waals surface area contributed by atoms with Crippen LogP contribution in [0, 0.1) is 0 Å². The highest BCUT2D eigenvalue weighted by Crippen LogP contribution is 2.67. The molecular weight excluding hydrogens is 603 g/mol. The van der Waals surface area contributed by atoms with Gasteiger partial charge in [0.05, 0.1) is 10.8 Å². The minimum atomic E-state index is -0.484. The number of pyridine rings is 1. The monoisotopic (exact) mass is 633 g/mol. The van der Waals surface area contributed by atoms with E-state index in [0.29, 0.717) is 0 Å². The van der Waals surface area contributed by atoms with Crippen molar-refractivity contribution in [3.8, 4) is 44.5 Å². The molecule has 0 amide bonds. The topological polar surface area (TPSA) is 12.9 Å². The molecule has 0 aliphatic heterocycles. The Morgan fingerprint density at radius 3 is 1.12 bits per heavy atom. The molecule has 1 nitrogen and oxygen atoms in total.